The number of rotatable bonds is 4. The number of hydrogen-bond donors (Lipinski definition) is 1. The molecule has 0 radical (unpaired) electrons. The quantitative estimate of drug-likeness (QED) is 0.796. The third-order valence-corrected chi connectivity index (χ3v) is 6.73. The molecular weight excluding hydrogens is 218 g/mol. The summed E-state index contributed by atoms with van der Waals surface area (Å²) in [6, 6.07) is 0. The number of nitrogens with one attached hydrogen (secondary N) is 1. The lowest BCUT2D eigenvalue weighted by Gasteiger charge is -2.54. The summed E-state index contributed by atoms with van der Waals surface area (Å²) in [5.74, 6) is 6.78. The lowest BCUT2D eigenvalue weighted by Crippen LogP contribution is -2.45. The molecule has 0 aromatic carbocycles. The van der Waals surface area contributed by atoms with Gasteiger partial charge in [-0.2, -0.15) is 0 Å². The summed E-state index contributed by atoms with van der Waals surface area (Å²) < 4.78 is 0. The first kappa shape index (κ1) is 11.8. The van der Waals surface area contributed by atoms with Crippen molar-refractivity contribution in [2.75, 3.05) is 13.1 Å². The maximum Gasteiger partial charge on any atom is -0.00200 e. The van der Waals surface area contributed by atoms with Gasteiger partial charge in [0.15, 0.2) is 0 Å². The van der Waals surface area contributed by atoms with E-state index in [1.807, 2.05) is 0 Å². The monoisotopic (exact) mass is 247 g/mol. The van der Waals surface area contributed by atoms with Gasteiger partial charge in [-0.1, -0.05) is 6.42 Å². The summed E-state index contributed by atoms with van der Waals surface area (Å²) in [6.45, 7) is 2.59. The van der Waals surface area contributed by atoms with Crippen LogP contribution in [0.1, 0.15) is 57.8 Å². The molecule has 5 fully saturated rings. The SMILES string of the molecule is C(CC1CCNC1)CC1C2CC3CC(C2)CC1C3. The molecule has 1 N–H and O–H groups in total. The van der Waals surface area contributed by atoms with Crippen LogP contribution < -0.4 is 5.32 Å². The third-order valence-electron chi connectivity index (χ3n) is 6.73. The molecule has 4 saturated carbocycles. The second-order valence-electron chi connectivity index (χ2n) is 7.88. The standard InChI is InChI=1S/C17H29N/c1(2-12-4-5-18-11-12)3-17-15-7-13-6-14(9-15)10-16(17)8-13/h12-18H,1-11H2. The summed E-state index contributed by atoms with van der Waals surface area (Å²) in [7, 11) is 0. The second-order valence-corrected chi connectivity index (χ2v) is 7.88. The van der Waals surface area contributed by atoms with E-state index >= 15 is 0 Å². The Morgan fingerprint density at radius 1 is 0.833 bits per heavy atom. The molecule has 1 unspecified atom stereocenters. The molecule has 1 heteroatoms. The molecule has 1 nitrogen and oxygen atoms in total. The number of hydrogen-bond acceptors (Lipinski definition) is 1. The fraction of sp³-hybridized carbons (Fsp3) is 1.00. The van der Waals surface area contributed by atoms with E-state index in [-0.39, 0.29) is 0 Å². The molecule has 0 aromatic rings. The van der Waals surface area contributed by atoms with E-state index in [0.29, 0.717) is 0 Å². The van der Waals surface area contributed by atoms with Crippen LogP contribution >= 0.6 is 0 Å². The van der Waals surface area contributed by atoms with Crippen LogP contribution in [0.4, 0.5) is 0 Å². The smallest absolute Gasteiger partial charge is 0.00200 e. The Labute approximate surface area is 112 Å². The van der Waals surface area contributed by atoms with Crippen molar-refractivity contribution in [3.05, 3.63) is 0 Å². The van der Waals surface area contributed by atoms with Crippen LogP contribution in [-0.4, -0.2) is 13.1 Å². The Bertz CT molecular complexity index is 264. The van der Waals surface area contributed by atoms with Gasteiger partial charge in [0.05, 0.1) is 0 Å². The summed E-state index contributed by atoms with van der Waals surface area (Å²) in [5.41, 5.74) is 0. The van der Waals surface area contributed by atoms with E-state index in [2.05, 4.69) is 5.32 Å². The highest BCUT2D eigenvalue weighted by molar-refractivity contribution is 4.97. The van der Waals surface area contributed by atoms with Crippen LogP contribution in [0, 0.1) is 35.5 Å². The molecule has 4 bridgehead atoms. The fourth-order valence-electron chi connectivity index (χ4n) is 6.11. The molecule has 4 aliphatic carbocycles. The molecule has 102 valence electrons. The third kappa shape index (κ3) is 2.13. The minimum absolute atomic E-state index is 1.02. The Morgan fingerprint density at radius 2 is 1.56 bits per heavy atom. The van der Waals surface area contributed by atoms with Crippen molar-refractivity contribution in [2.24, 2.45) is 35.5 Å². The van der Waals surface area contributed by atoms with Crippen LogP contribution in [0.25, 0.3) is 0 Å². The summed E-state index contributed by atoms with van der Waals surface area (Å²) in [5, 5.41) is 3.51. The first-order valence-corrected chi connectivity index (χ1v) is 8.59. The predicted molar refractivity (Wildman–Crippen MR) is 75.4 cm³/mol. The first-order valence-electron chi connectivity index (χ1n) is 8.59. The van der Waals surface area contributed by atoms with Gasteiger partial charge in [0.2, 0.25) is 0 Å². The molecule has 0 aromatic heterocycles. The molecule has 1 atom stereocenters. The summed E-state index contributed by atoms with van der Waals surface area (Å²) in [4.78, 5) is 0. The summed E-state index contributed by atoms with van der Waals surface area (Å²) in [6.07, 6.45) is 14.1. The maximum atomic E-state index is 3.51. The Balaban J connectivity index is 1.29. The average Bonchev–Trinajstić information content (AvgIpc) is 2.85. The molecule has 0 spiro atoms. The lowest BCUT2D eigenvalue weighted by molar-refractivity contribution is -0.0407. The van der Waals surface area contributed by atoms with Crippen LogP contribution in [0.15, 0.2) is 0 Å². The van der Waals surface area contributed by atoms with E-state index in [1.54, 1.807) is 38.5 Å². The van der Waals surface area contributed by atoms with Gasteiger partial charge >= 0.3 is 0 Å². The Hall–Kier alpha value is -0.0400. The highest BCUT2D eigenvalue weighted by Crippen LogP contribution is 2.57. The molecule has 5 rings (SSSR count). The van der Waals surface area contributed by atoms with Gasteiger partial charge in [0, 0.05) is 0 Å². The van der Waals surface area contributed by atoms with Crippen LogP contribution in [0.2, 0.25) is 0 Å². The normalized spacial score (nSPS) is 50.0. The molecule has 0 amide bonds. The zero-order valence-electron chi connectivity index (χ0n) is 11.7. The van der Waals surface area contributed by atoms with Crippen LogP contribution in [0.3, 0.4) is 0 Å². The van der Waals surface area contributed by atoms with E-state index in [9.17, 15) is 0 Å². The topological polar surface area (TPSA) is 12.0 Å². The molecule has 1 heterocycles. The highest BCUT2D eigenvalue weighted by atomic mass is 14.9. The predicted octanol–water partition coefficient (Wildman–Crippen LogP) is 3.84. The van der Waals surface area contributed by atoms with Crippen LogP contribution in [0.5, 0.6) is 0 Å². The molecule has 1 saturated heterocycles. The zero-order valence-corrected chi connectivity index (χ0v) is 11.7. The van der Waals surface area contributed by atoms with Crippen LogP contribution in [-0.2, 0) is 0 Å². The highest BCUT2D eigenvalue weighted by Gasteiger charge is 2.47. The van der Waals surface area contributed by atoms with Gasteiger partial charge in [-0.25, -0.2) is 0 Å². The Kier molecular flexibility index (Phi) is 3.14. The minimum Gasteiger partial charge on any atom is -0.316 e. The van der Waals surface area contributed by atoms with Crippen molar-refractivity contribution in [3.8, 4) is 0 Å². The van der Waals surface area contributed by atoms with E-state index in [1.165, 1.54) is 32.4 Å². The summed E-state index contributed by atoms with van der Waals surface area (Å²) >= 11 is 0. The maximum absolute atomic E-state index is 3.51. The van der Waals surface area contributed by atoms with Crippen molar-refractivity contribution in [2.45, 2.75) is 57.8 Å². The van der Waals surface area contributed by atoms with Gasteiger partial charge in [-0.05, 0) is 100.0 Å². The second kappa shape index (κ2) is 4.81. The van der Waals surface area contributed by atoms with Gasteiger partial charge < -0.3 is 5.32 Å². The van der Waals surface area contributed by atoms with E-state index < -0.39 is 0 Å². The van der Waals surface area contributed by atoms with Gasteiger partial charge in [-0.15, -0.1) is 0 Å². The van der Waals surface area contributed by atoms with E-state index in [0.717, 1.165) is 35.5 Å². The fourth-order valence-corrected chi connectivity index (χ4v) is 6.11. The molecule has 5 aliphatic rings. The largest absolute Gasteiger partial charge is 0.316 e. The zero-order chi connectivity index (χ0) is 11.9. The van der Waals surface area contributed by atoms with Gasteiger partial charge in [-0.3, -0.25) is 0 Å². The van der Waals surface area contributed by atoms with Gasteiger partial charge in [0.1, 0.15) is 0 Å². The Morgan fingerprint density at radius 3 is 2.17 bits per heavy atom. The first-order chi connectivity index (χ1) is 8.88. The van der Waals surface area contributed by atoms with Crippen molar-refractivity contribution >= 4 is 0 Å². The van der Waals surface area contributed by atoms with Crippen molar-refractivity contribution < 1.29 is 0 Å². The van der Waals surface area contributed by atoms with Gasteiger partial charge in [0.25, 0.3) is 0 Å². The van der Waals surface area contributed by atoms with Crippen molar-refractivity contribution in [3.63, 3.8) is 0 Å². The average molecular weight is 247 g/mol. The van der Waals surface area contributed by atoms with Crippen molar-refractivity contribution in [1.29, 1.82) is 0 Å². The minimum atomic E-state index is 1.02. The lowest BCUT2D eigenvalue weighted by atomic mass is 9.51. The molecular formula is C17H29N. The van der Waals surface area contributed by atoms with Crippen molar-refractivity contribution in [1.82, 2.24) is 5.32 Å². The van der Waals surface area contributed by atoms with E-state index in [4.69, 9.17) is 0 Å². The molecule has 1 aliphatic heterocycles. The molecule has 18 heavy (non-hydrogen) atoms.